The number of furan rings is 1. The molecule has 0 unspecified atom stereocenters. The molecule has 2 aromatic heterocycles. The van der Waals surface area contributed by atoms with Gasteiger partial charge in [-0.05, 0) is 6.07 Å². The maximum absolute atomic E-state index is 12.3. The van der Waals surface area contributed by atoms with Gasteiger partial charge >= 0.3 is 11.8 Å². The van der Waals surface area contributed by atoms with Crippen molar-refractivity contribution in [3.05, 3.63) is 57.6 Å². The summed E-state index contributed by atoms with van der Waals surface area (Å²) in [5.74, 6) is -0.169. The predicted octanol–water partition coefficient (Wildman–Crippen LogP) is 2.86. The Morgan fingerprint density at radius 2 is 2.15 bits per heavy atom. The number of allylic oxidation sites excluding steroid dienone is 1. The summed E-state index contributed by atoms with van der Waals surface area (Å²) in [7, 11) is 0. The molecular formula is C16H11N3O6S. The van der Waals surface area contributed by atoms with E-state index in [0.717, 1.165) is 16.3 Å². The van der Waals surface area contributed by atoms with E-state index >= 15 is 0 Å². The number of ether oxygens (including phenoxy) is 2. The van der Waals surface area contributed by atoms with Gasteiger partial charge in [-0.2, -0.15) is 4.99 Å². The first kappa shape index (κ1) is 16.1. The van der Waals surface area contributed by atoms with E-state index in [1.807, 2.05) is 12.1 Å². The third-order valence-electron chi connectivity index (χ3n) is 3.67. The average molecular weight is 373 g/mol. The molecule has 0 atom stereocenters. The molecule has 4 rings (SSSR count). The second-order valence-electron chi connectivity index (χ2n) is 5.27. The maximum atomic E-state index is 12.3. The minimum Gasteiger partial charge on any atom is -0.454 e. The molecular weight excluding hydrogens is 362 g/mol. The summed E-state index contributed by atoms with van der Waals surface area (Å²) in [6.45, 7) is 4.31. The number of fused-ring (bicyclic) bond motifs is 2. The summed E-state index contributed by atoms with van der Waals surface area (Å²) < 4.78 is 18.3. The molecule has 1 aromatic carbocycles. The van der Waals surface area contributed by atoms with E-state index in [1.54, 1.807) is 10.6 Å². The molecule has 1 aliphatic heterocycles. The smallest absolute Gasteiger partial charge is 0.433 e. The molecule has 0 aliphatic carbocycles. The summed E-state index contributed by atoms with van der Waals surface area (Å²) >= 11 is 1.28. The average Bonchev–Trinajstić information content (AvgIpc) is 3.32. The lowest BCUT2D eigenvalue weighted by Gasteiger charge is -2.02. The fourth-order valence-corrected chi connectivity index (χ4v) is 3.58. The molecule has 9 nitrogen and oxygen atoms in total. The molecule has 0 radical (unpaired) electrons. The molecule has 10 heteroatoms. The largest absolute Gasteiger partial charge is 0.454 e. The minimum absolute atomic E-state index is 0.168. The van der Waals surface area contributed by atoms with Gasteiger partial charge in [0.15, 0.2) is 16.3 Å². The fourth-order valence-electron chi connectivity index (χ4n) is 2.53. The Kier molecular flexibility index (Phi) is 3.81. The zero-order valence-corrected chi connectivity index (χ0v) is 14.0. The van der Waals surface area contributed by atoms with Crippen LogP contribution in [-0.2, 0) is 6.54 Å². The quantitative estimate of drug-likeness (QED) is 0.395. The lowest BCUT2D eigenvalue weighted by molar-refractivity contribution is -0.402. The van der Waals surface area contributed by atoms with Gasteiger partial charge in [0.05, 0.1) is 16.3 Å². The standard InChI is InChI=1S/C16H11N3O6S/c1-2-5-18-9-6-11-12(24-8-23-11)7-13(9)26-16(18)17-15(20)10-3-4-14(25-10)19(21)22/h2-4,6-7H,1,5,8H2. The highest BCUT2D eigenvalue weighted by Crippen LogP contribution is 2.37. The number of hydrogen-bond donors (Lipinski definition) is 0. The number of aromatic nitrogens is 1. The van der Waals surface area contributed by atoms with E-state index in [2.05, 4.69) is 11.6 Å². The van der Waals surface area contributed by atoms with Gasteiger partial charge in [0.25, 0.3) is 0 Å². The molecule has 0 saturated heterocycles. The number of hydrogen-bond acceptors (Lipinski definition) is 7. The Morgan fingerprint density at radius 1 is 1.38 bits per heavy atom. The van der Waals surface area contributed by atoms with Crippen molar-refractivity contribution >= 4 is 33.3 Å². The number of benzene rings is 1. The first-order valence-electron chi connectivity index (χ1n) is 7.44. The zero-order valence-electron chi connectivity index (χ0n) is 13.2. The second-order valence-corrected chi connectivity index (χ2v) is 6.28. The number of nitro groups is 1. The van der Waals surface area contributed by atoms with Crippen LogP contribution in [0.5, 0.6) is 11.5 Å². The number of carbonyl (C=O) groups is 1. The lowest BCUT2D eigenvalue weighted by atomic mass is 10.3. The van der Waals surface area contributed by atoms with Crippen molar-refractivity contribution in [3.8, 4) is 11.5 Å². The first-order valence-corrected chi connectivity index (χ1v) is 8.25. The first-order chi connectivity index (χ1) is 12.6. The highest BCUT2D eigenvalue weighted by Gasteiger charge is 2.19. The third-order valence-corrected chi connectivity index (χ3v) is 4.71. The van der Waals surface area contributed by atoms with Crippen LogP contribution in [0.3, 0.4) is 0 Å². The van der Waals surface area contributed by atoms with Crippen LogP contribution < -0.4 is 14.3 Å². The highest BCUT2D eigenvalue weighted by atomic mass is 32.1. The third kappa shape index (κ3) is 2.65. The van der Waals surface area contributed by atoms with Gasteiger partial charge in [0, 0.05) is 18.7 Å². The van der Waals surface area contributed by atoms with E-state index in [1.165, 1.54) is 17.4 Å². The van der Waals surface area contributed by atoms with Crippen molar-refractivity contribution in [1.29, 1.82) is 0 Å². The number of nitrogens with zero attached hydrogens (tertiary/aromatic N) is 3. The van der Waals surface area contributed by atoms with Crippen LogP contribution in [0, 0.1) is 10.1 Å². The summed E-state index contributed by atoms with van der Waals surface area (Å²) in [5.41, 5.74) is 0.816. The van der Waals surface area contributed by atoms with Crippen molar-refractivity contribution in [2.45, 2.75) is 6.54 Å². The van der Waals surface area contributed by atoms with Gasteiger partial charge in [-0.3, -0.25) is 14.9 Å². The molecule has 0 saturated carbocycles. The topological polar surface area (TPSA) is 109 Å². The zero-order chi connectivity index (χ0) is 18.3. The number of amides is 1. The SMILES string of the molecule is C=CCn1c(=NC(=O)c2ccc([N+](=O)[O-])o2)sc2cc3c(cc21)OCO3. The van der Waals surface area contributed by atoms with Crippen LogP contribution in [0.4, 0.5) is 5.88 Å². The van der Waals surface area contributed by atoms with E-state index in [-0.39, 0.29) is 12.6 Å². The fraction of sp³-hybridized carbons (Fsp3) is 0.125. The normalized spacial score (nSPS) is 13.3. The number of carbonyl (C=O) groups excluding carboxylic acids is 1. The minimum atomic E-state index is -0.713. The molecule has 132 valence electrons. The van der Waals surface area contributed by atoms with E-state index in [9.17, 15) is 14.9 Å². The van der Waals surface area contributed by atoms with Crippen molar-refractivity contribution in [1.82, 2.24) is 4.57 Å². The van der Waals surface area contributed by atoms with Gasteiger partial charge in [0.1, 0.15) is 4.92 Å². The van der Waals surface area contributed by atoms with Crippen molar-refractivity contribution in [2.75, 3.05) is 6.79 Å². The van der Waals surface area contributed by atoms with Crippen LogP contribution in [0.1, 0.15) is 10.6 Å². The molecule has 3 aromatic rings. The van der Waals surface area contributed by atoms with Gasteiger partial charge in [-0.15, -0.1) is 6.58 Å². The lowest BCUT2D eigenvalue weighted by Crippen LogP contribution is -2.16. The summed E-state index contributed by atoms with van der Waals surface area (Å²) in [6, 6.07) is 5.98. The van der Waals surface area contributed by atoms with E-state index in [0.29, 0.717) is 22.8 Å². The van der Waals surface area contributed by atoms with E-state index < -0.39 is 16.7 Å². The van der Waals surface area contributed by atoms with Gasteiger partial charge in [0.2, 0.25) is 12.6 Å². The summed E-state index contributed by atoms with van der Waals surface area (Å²) in [6.07, 6.45) is 1.68. The Balaban J connectivity index is 1.82. The Morgan fingerprint density at radius 3 is 2.85 bits per heavy atom. The molecule has 1 aliphatic rings. The van der Waals surface area contributed by atoms with Gasteiger partial charge in [-0.25, -0.2) is 0 Å². The second kappa shape index (κ2) is 6.15. The molecule has 26 heavy (non-hydrogen) atoms. The molecule has 0 spiro atoms. The Hall–Kier alpha value is -3.40. The highest BCUT2D eigenvalue weighted by molar-refractivity contribution is 7.16. The molecule has 1 amide bonds. The summed E-state index contributed by atoms with van der Waals surface area (Å²) in [5, 5.41) is 10.7. The van der Waals surface area contributed by atoms with Crippen molar-refractivity contribution in [2.24, 2.45) is 4.99 Å². The van der Waals surface area contributed by atoms with Crippen LogP contribution >= 0.6 is 11.3 Å². The molecule has 0 N–H and O–H groups in total. The molecule has 0 bridgehead atoms. The maximum Gasteiger partial charge on any atom is 0.433 e. The van der Waals surface area contributed by atoms with Gasteiger partial charge in [-0.1, -0.05) is 17.4 Å². The molecule has 0 fully saturated rings. The van der Waals surface area contributed by atoms with Crippen LogP contribution in [-0.4, -0.2) is 22.2 Å². The van der Waals surface area contributed by atoms with Crippen molar-refractivity contribution in [3.63, 3.8) is 0 Å². The van der Waals surface area contributed by atoms with Gasteiger partial charge < -0.3 is 18.5 Å². The van der Waals surface area contributed by atoms with Crippen LogP contribution in [0.25, 0.3) is 10.2 Å². The Bertz CT molecular complexity index is 1120. The number of thiazole rings is 1. The summed E-state index contributed by atoms with van der Waals surface area (Å²) in [4.78, 5) is 26.8. The number of rotatable bonds is 4. The predicted molar refractivity (Wildman–Crippen MR) is 91.4 cm³/mol. The van der Waals surface area contributed by atoms with E-state index in [4.69, 9.17) is 13.9 Å². The monoisotopic (exact) mass is 373 g/mol. The van der Waals surface area contributed by atoms with Crippen LogP contribution in [0.15, 0.2) is 46.3 Å². The molecule has 3 heterocycles. The van der Waals surface area contributed by atoms with Crippen molar-refractivity contribution < 1.29 is 23.6 Å². The Labute approximate surface area is 149 Å². The van der Waals surface area contributed by atoms with Crippen LogP contribution in [0.2, 0.25) is 0 Å².